The summed E-state index contributed by atoms with van der Waals surface area (Å²) in [5.74, 6) is -0.154. The quantitative estimate of drug-likeness (QED) is 0.790. The Balaban J connectivity index is 1.97. The molecule has 0 atom stereocenters. The minimum Gasteiger partial charge on any atom is -0.325 e. The molecule has 0 spiro atoms. The van der Waals surface area contributed by atoms with Crippen LogP contribution >= 0.6 is 0 Å². The number of sulfonamides is 1. The second-order valence-electron chi connectivity index (χ2n) is 5.85. The van der Waals surface area contributed by atoms with Gasteiger partial charge in [0.05, 0.1) is 11.4 Å². The number of primary sulfonamides is 1. The number of nitrogens with two attached hydrogens (primary N) is 1. The Morgan fingerprint density at radius 1 is 1.12 bits per heavy atom. The summed E-state index contributed by atoms with van der Waals surface area (Å²) in [5.41, 5.74) is 2.92. The molecule has 0 aromatic heterocycles. The van der Waals surface area contributed by atoms with Crippen LogP contribution in [0.2, 0.25) is 0 Å². The fourth-order valence-electron chi connectivity index (χ4n) is 2.44. The van der Waals surface area contributed by atoms with Crippen molar-refractivity contribution >= 4 is 21.6 Å². The minimum atomic E-state index is -3.73. The van der Waals surface area contributed by atoms with Gasteiger partial charge in [-0.25, -0.2) is 13.6 Å². The van der Waals surface area contributed by atoms with E-state index in [1.54, 1.807) is 0 Å². The Labute approximate surface area is 148 Å². The number of nitrogens with one attached hydrogen (secondary N) is 1. The molecule has 0 saturated carbocycles. The second kappa shape index (κ2) is 8.24. The Morgan fingerprint density at radius 3 is 2.32 bits per heavy atom. The molecule has 0 radical (unpaired) electrons. The third kappa shape index (κ3) is 5.67. The summed E-state index contributed by atoms with van der Waals surface area (Å²) >= 11 is 0. The van der Waals surface area contributed by atoms with Crippen LogP contribution in [0.3, 0.4) is 0 Å². The maximum atomic E-state index is 12.2. The highest BCUT2D eigenvalue weighted by Crippen LogP contribution is 2.13. The van der Waals surface area contributed by atoms with Crippen molar-refractivity contribution in [3.63, 3.8) is 0 Å². The van der Waals surface area contributed by atoms with Crippen LogP contribution in [0.15, 0.2) is 53.4 Å². The first-order valence-corrected chi connectivity index (χ1v) is 9.54. The highest BCUT2D eigenvalue weighted by Gasteiger charge is 2.12. The molecule has 0 aliphatic heterocycles. The number of benzene rings is 2. The van der Waals surface area contributed by atoms with Gasteiger partial charge in [-0.15, -0.1) is 0 Å². The lowest BCUT2D eigenvalue weighted by molar-refractivity contribution is -0.117. The van der Waals surface area contributed by atoms with Gasteiger partial charge in [0.2, 0.25) is 15.9 Å². The van der Waals surface area contributed by atoms with Crippen molar-refractivity contribution in [1.29, 1.82) is 0 Å². The van der Waals surface area contributed by atoms with Gasteiger partial charge in [0.1, 0.15) is 0 Å². The smallest absolute Gasteiger partial charge is 0.238 e. The molecule has 2 aromatic rings. The number of hydrogen-bond donors (Lipinski definition) is 2. The van der Waals surface area contributed by atoms with Gasteiger partial charge in [0.15, 0.2) is 0 Å². The fraction of sp³-hybridized carbons (Fsp3) is 0.278. The highest BCUT2D eigenvalue weighted by atomic mass is 32.2. The van der Waals surface area contributed by atoms with Crippen LogP contribution in [0.25, 0.3) is 0 Å². The van der Waals surface area contributed by atoms with Crippen molar-refractivity contribution in [2.45, 2.75) is 25.3 Å². The molecule has 134 valence electrons. The Morgan fingerprint density at radius 2 is 1.76 bits per heavy atom. The van der Waals surface area contributed by atoms with Gasteiger partial charge in [-0.3, -0.25) is 9.69 Å². The standard InChI is InChI=1S/C18H23N3O3S/c1-3-21(12-15-7-5-4-6-14(15)2)13-18(22)20-16-8-10-17(11-9-16)25(19,23)24/h4-11H,3,12-13H2,1-2H3,(H,20,22)(H2,19,23,24). The molecular formula is C18H23N3O3S. The van der Waals surface area contributed by atoms with Crippen molar-refractivity contribution in [3.05, 3.63) is 59.7 Å². The average molecular weight is 361 g/mol. The number of carbonyl (C=O) groups excluding carboxylic acids is 1. The third-order valence-corrected chi connectivity index (χ3v) is 4.87. The molecule has 0 aliphatic rings. The molecular weight excluding hydrogens is 338 g/mol. The van der Waals surface area contributed by atoms with Gasteiger partial charge in [-0.2, -0.15) is 0 Å². The second-order valence-corrected chi connectivity index (χ2v) is 7.41. The monoisotopic (exact) mass is 361 g/mol. The van der Waals surface area contributed by atoms with E-state index in [4.69, 9.17) is 5.14 Å². The highest BCUT2D eigenvalue weighted by molar-refractivity contribution is 7.89. The molecule has 0 unspecified atom stereocenters. The topological polar surface area (TPSA) is 92.5 Å². The molecule has 1 amide bonds. The Bertz CT molecular complexity index is 833. The predicted molar refractivity (Wildman–Crippen MR) is 98.6 cm³/mol. The number of carbonyl (C=O) groups is 1. The number of nitrogens with zero attached hydrogens (tertiary/aromatic N) is 1. The maximum absolute atomic E-state index is 12.2. The first-order valence-electron chi connectivity index (χ1n) is 7.99. The van der Waals surface area contributed by atoms with Crippen LogP contribution in [0, 0.1) is 6.92 Å². The van der Waals surface area contributed by atoms with E-state index in [0.717, 1.165) is 6.54 Å². The normalized spacial score (nSPS) is 11.5. The van der Waals surface area contributed by atoms with E-state index in [1.165, 1.54) is 35.4 Å². The molecule has 2 aromatic carbocycles. The van der Waals surface area contributed by atoms with E-state index < -0.39 is 10.0 Å². The summed E-state index contributed by atoms with van der Waals surface area (Å²) in [5, 5.41) is 7.83. The summed E-state index contributed by atoms with van der Waals surface area (Å²) in [6.07, 6.45) is 0. The third-order valence-electron chi connectivity index (χ3n) is 3.94. The number of likely N-dealkylation sites (N-methyl/N-ethyl adjacent to an activating group) is 1. The van der Waals surface area contributed by atoms with Crippen molar-refractivity contribution in [2.24, 2.45) is 5.14 Å². The van der Waals surface area contributed by atoms with Crippen molar-refractivity contribution in [2.75, 3.05) is 18.4 Å². The largest absolute Gasteiger partial charge is 0.325 e. The van der Waals surface area contributed by atoms with Crippen LogP contribution in [-0.4, -0.2) is 32.3 Å². The van der Waals surface area contributed by atoms with E-state index in [1.807, 2.05) is 24.0 Å². The van der Waals surface area contributed by atoms with Crippen molar-refractivity contribution < 1.29 is 13.2 Å². The zero-order chi connectivity index (χ0) is 18.4. The first-order chi connectivity index (χ1) is 11.8. The number of aryl methyl sites for hydroxylation is 1. The molecule has 0 heterocycles. The molecule has 0 aliphatic carbocycles. The van der Waals surface area contributed by atoms with E-state index in [2.05, 4.69) is 24.4 Å². The van der Waals surface area contributed by atoms with Crippen LogP contribution in [0.4, 0.5) is 5.69 Å². The number of hydrogen-bond acceptors (Lipinski definition) is 4. The van der Waals surface area contributed by atoms with Gasteiger partial charge in [-0.05, 0) is 48.9 Å². The summed E-state index contributed by atoms with van der Waals surface area (Å²) in [6.45, 7) is 5.75. The SMILES string of the molecule is CCN(CC(=O)Nc1ccc(S(N)(=O)=O)cc1)Cc1ccccc1C. The summed E-state index contributed by atoms with van der Waals surface area (Å²) in [4.78, 5) is 14.3. The average Bonchev–Trinajstić information content (AvgIpc) is 2.55. The molecule has 25 heavy (non-hydrogen) atoms. The number of anilines is 1. The maximum Gasteiger partial charge on any atom is 0.238 e. The van der Waals surface area contributed by atoms with Crippen LogP contribution in [0.1, 0.15) is 18.1 Å². The summed E-state index contributed by atoms with van der Waals surface area (Å²) < 4.78 is 22.5. The van der Waals surface area contributed by atoms with E-state index in [0.29, 0.717) is 12.2 Å². The van der Waals surface area contributed by atoms with Gasteiger partial charge in [0, 0.05) is 12.2 Å². The van der Waals surface area contributed by atoms with E-state index in [9.17, 15) is 13.2 Å². The molecule has 7 heteroatoms. The molecule has 0 bridgehead atoms. The van der Waals surface area contributed by atoms with Crippen molar-refractivity contribution in [1.82, 2.24) is 4.90 Å². The zero-order valence-electron chi connectivity index (χ0n) is 14.4. The molecule has 0 saturated heterocycles. The van der Waals surface area contributed by atoms with Crippen LogP contribution in [0.5, 0.6) is 0 Å². The zero-order valence-corrected chi connectivity index (χ0v) is 15.2. The number of amides is 1. The lowest BCUT2D eigenvalue weighted by atomic mass is 10.1. The number of rotatable bonds is 7. The summed E-state index contributed by atoms with van der Waals surface area (Å²) in [6, 6.07) is 13.9. The lowest BCUT2D eigenvalue weighted by Gasteiger charge is -2.21. The van der Waals surface area contributed by atoms with Gasteiger partial charge in [-0.1, -0.05) is 31.2 Å². The van der Waals surface area contributed by atoms with Crippen LogP contribution in [-0.2, 0) is 21.4 Å². The van der Waals surface area contributed by atoms with Crippen LogP contribution < -0.4 is 10.5 Å². The molecule has 6 nitrogen and oxygen atoms in total. The Kier molecular flexibility index (Phi) is 6.30. The van der Waals surface area contributed by atoms with Crippen molar-refractivity contribution in [3.8, 4) is 0 Å². The first kappa shape index (κ1) is 19.1. The summed E-state index contributed by atoms with van der Waals surface area (Å²) in [7, 11) is -3.73. The lowest BCUT2D eigenvalue weighted by Crippen LogP contribution is -2.33. The van der Waals surface area contributed by atoms with Gasteiger partial charge >= 0.3 is 0 Å². The van der Waals surface area contributed by atoms with E-state index >= 15 is 0 Å². The molecule has 0 fully saturated rings. The van der Waals surface area contributed by atoms with Gasteiger partial charge in [0.25, 0.3) is 0 Å². The van der Waals surface area contributed by atoms with Gasteiger partial charge < -0.3 is 5.32 Å². The molecule has 3 N–H and O–H groups in total. The fourth-order valence-corrected chi connectivity index (χ4v) is 2.95. The molecule has 2 rings (SSSR count). The van der Waals surface area contributed by atoms with E-state index in [-0.39, 0.29) is 17.3 Å². The predicted octanol–water partition coefficient (Wildman–Crippen LogP) is 2.10. The minimum absolute atomic E-state index is 0.0141. The Hall–Kier alpha value is -2.22.